The van der Waals surface area contributed by atoms with Crippen LogP contribution in [0.1, 0.15) is 18.9 Å². The van der Waals surface area contributed by atoms with Gasteiger partial charge in [0.15, 0.2) is 0 Å². The molecular weight excluding hydrogens is 308 g/mol. The average molecular weight is 328 g/mol. The van der Waals surface area contributed by atoms with Crippen LogP contribution in [0.4, 0.5) is 0 Å². The number of thiazole rings is 1. The second-order valence-corrected chi connectivity index (χ2v) is 8.04. The lowest BCUT2D eigenvalue weighted by molar-refractivity contribution is 0.136. The van der Waals surface area contributed by atoms with Gasteiger partial charge in [0.25, 0.3) is 0 Å². The molecule has 0 saturated heterocycles. The van der Waals surface area contributed by atoms with E-state index in [-0.39, 0.29) is 17.9 Å². The van der Waals surface area contributed by atoms with Crippen LogP contribution in [0.2, 0.25) is 0 Å². The quantitative estimate of drug-likeness (QED) is 0.846. The molecule has 21 heavy (non-hydrogen) atoms. The van der Waals surface area contributed by atoms with Crippen molar-refractivity contribution in [3.8, 4) is 0 Å². The largest absolute Gasteiger partial charge is 0.381 e. The first-order valence-corrected chi connectivity index (χ1v) is 9.24. The van der Waals surface area contributed by atoms with E-state index in [0.29, 0.717) is 6.42 Å². The van der Waals surface area contributed by atoms with E-state index in [4.69, 9.17) is 4.74 Å². The summed E-state index contributed by atoms with van der Waals surface area (Å²) in [5.41, 5.74) is 0.959. The Kier molecular flexibility index (Phi) is 5.32. The fourth-order valence-corrected chi connectivity index (χ4v) is 4.69. The van der Waals surface area contributed by atoms with Crippen molar-refractivity contribution in [3.05, 3.63) is 29.3 Å². The molecule has 0 unspecified atom stereocenters. The number of aromatic nitrogens is 1. The number of sulfonamides is 1. The van der Waals surface area contributed by atoms with Gasteiger partial charge < -0.3 is 4.74 Å². The Morgan fingerprint density at radius 1 is 1.33 bits per heavy atom. The molecule has 0 aliphatic heterocycles. The smallest absolute Gasteiger partial charge is 0.214 e. The summed E-state index contributed by atoms with van der Waals surface area (Å²) in [6.07, 6.45) is 0.261. The van der Waals surface area contributed by atoms with E-state index in [9.17, 15) is 8.42 Å². The second-order valence-electron chi connectivity index (χ2n) is 5.13. The predicted octanol–water partition coefficient (Wildman–Crippen LogP) is 2.18. The van der Waals surface area contributed by atoms with Crippen LogP contribution in [0.25, 0.3) is 10.2 Å². The van der Waals surface area contributed by atoms with E-state index in [1.807, 2.05) is 31.2 Å². The number of para-hydroxylation sites is 1. The van der Waals surface area contributed by atoms with Gasteiger partial charge in [-0.1, -0.05) is 12.1 Å². The molecule has 1 heterocycles. The SMILES string of the molecule is CO[C@@H](C)CS(=O)(=O)N[C@H](C)Cc1nc2ccccc2s1. The van der Waals surface area contributed by atoms with E-state index in [2.05, 4.69) is 9.71 Å². The normalized spacial score (nSPS) is 15.2. The highest BCUT2D eigenvalue weighted by Gasteiger charge is 2.19. The minimum Gasteiger partial charge on any atom is -0.381 e. The lowest BCUT2D eigenvalue weighted by Gasteiger charge is -2.15. The molecule has 1 aromatic carbocycles. The van der Waals surface area contributed by atoms with Gasteiger partial charge in [0.05, 0.1) is 27.1 Å². The second kappa shape index (κ2) is 6.83. The van der Waals surface area contributed by atoms with Crippen LogP contribution in [0.15, 0.2) is 24.3 Å². The molecule has 7 heteroatoms. The van der Waals surface area contributed by atoms with E-state index >= 15 is 0 Å². The van der Waals surface area contributed by atoms with E-state index in [0.717, 1.165) is 15.2 Å². The molecule has 0 radical (unpaired) electrons. The maximum Gasteiger partial charge on any atom is 0.214 e. The summed E-state index contributed by atoms with van der Waals surface area (Å²) in [5, 5.41) is 0.936. The van der Waals surface area contributed by atoms with Crippen LogP contribution < -0.4 is 4.72 Å². The first-order chi connectivity index (χ1) is 9.89. The zero-order chi connectivity index (χ0) is 15.5. The molecule has 0 fully saturated rings. The Bertz CT molecular complexity index is 664. The summed E-state index contributed by atoms with van der Waals surface area (Å²) < 4.78 is 32.7. The summed E-state index contributed by atoms with van der Waals surface area (Å²) in [7, 11) is -1.84. The summed E-state index contributed by atoms with van der Waals surface area (Å²) in [4.78, 5) is 4.52. The van der Waals surface area contributed by atoms with Crippen molar-refractivity contribution >= 4 is 31.6 Å². The molecule has 5 nitrogen and oxygen atoms in total. The van der Waals surface area contributed by atoms with Crippen molar-refractivity contribution < 1.29 is 13.2 Å². The van der Waals surface area contributed by atoms with Gasteiger partial charge in [0.2, 0.25) is 10.0 Å². The van der Waals surface area contributed by atoms with Crippen molar-refractivity contribution in [1.82, 2.24) is 9.71 Å². The molecule has 2 aromatic rings. The number of ether oxygens (including phenoxy) is 1. The van der Waals surface area contributed by atoms with Crippen LogP contribution in [0, 0.1) is 0 Å². The fourth-order valence-electron chi connectivity index (χ4n) is 2.04. The van der Waals surface area contributed by atoms with Crippen molar-refractivity contribution in [2.24, 2.45) is 0 Å². The van der Waals surface area contributed by atoms with Crippen LogP contribution in [0.3, 0.4) is 0 Å². The van der Waals surface area contributed by atoms with Crippen molar-refractivity contribution in [1.29, 1.82) is 0 Å². The Balaban J connectivity index is 1.99. The molecule has 0 bridgehead atoms. The molecule has 0 amide bonds. The van der Waals surface area contributed by atoms with Crippen molar-refractivity contribution in [3.63, 3.8) is 0 Å². The van der Waals surface area contributed by atoms with E-state index < -0.39 is 10.0 Å². The topological polar surface area (TPSA) is 68.3 Å². The predicted molar refractivity (Wildman–Crippen MR) is 86.2 cm³/mol. The number of hydrogen-bond donors (Lipinski definition) is 1. The number of hydrogen-bond acceptors (Lipinski definition) is 5. The van der Waals surface area contributed by atoms with Crippen molar-refractivity contribution in [2.75, 3.05) is 12.9 Å². The van der Waals surface area contributed by atoms with Gasteiger partial charge in [-0.25, -0.2) is 18.1 Å². The number of methoxy groups -OCH3 is 1. The average Bonchev–Trinajstić information content (AvgIpc) is 2.78. The van der Waals surface area contributed by atoms with Gasteiger partial charge in [-0.15, -0.1) is 11.3 Å². The van der Waals surface area contributed by atoms with Crippen molar-refractivity contribution in [2.45, 2.75) is 32.4 Å². The molecule has 1 N–H and O–H groups in total. The molecule has 116 valence electrons. The molecule has 2 rings (SSSR count). The Morgan fingerprint density at radius 3 is 2.71 bits per heavy atom. The molecule has 2 atom stereocenters. The molecule has 1 aromatic heterocycles. The third-order valence-electron chi connectivity index (χ3n) is 3.06. The molecular formula is C14H20N2O3S2. The van der Waals surface area contributed by atoms with E-state index in [1.165, 1.54) is 7.11 Å². The van der Waals surface area contributed by atoms with Crippen LogP contribution in [0.5, 0.6) is 0 Å². The highest BCUT2D eigenvalue weighted by atomic mass is 32.2. The Labute approximate surface area is 129 Å². The lowest BCUT2D eigenvalue weighted by atomic mass is 10.3. The third kappa shape index (κ3) is 4.74. The molecule has 0 saturated carbocycles. The number of nitrogens with zero attached hydrogens (tertiary/aromatic N) is 1. The summed E-state index contributed by atoms with van der Waals surface area (Å²) >= 11 is 1.60. The summed E-state index contributed by atoms with van der Waals surface area (Å²) in [5.74, 6) is -0.0340. The van der Waals surface area contributed by atoms with Crippen LogP contribution in [-0.4, -0.2) is 38.4 Å². The van der Waals surface area contributed by atoms with Gasteiger partial charge >= 0.3 is 0 Å². The first-order valence-electron chi connectivity index (χ1n) is 6.77. The number of fused-ring (bicyclic) bond motifs is 1. The minimum absolute atomic E-state index is 0.0340. The maximum absolute atomic E-state index is 12.0. The van der Waals surface area contributed by atoms with Gasteiger partial charge in [-0.3, -0.25) is 0 Å². The van der Waals surface area contributed by atoms with Gasteiger partial charge in [0, 0.05) is 19.6 Å². The molecule has 0 aliphatic carbocycles. The van der Waals surface area contributed by atoms with Gasteiger partial charge in [0.1, 0.15) is 0 Å². The molecule has 0 spiro atoms. The number of nitrogens with one attached hydrogen (secondary N) is 1. The van der Waals surface area contributed by atoms with Gasteiger partial charge in [-0.05, 0) is 26.0 Å². The number of rotatable bonds is 7. The number of benzene rings is 1. The highest BCUT2D eigenvalue weighted by Crippen LogP contribution is 2.22. The Hall–Kier alpha value is -1.02. The lowest BCUT2D eigenvalue weighted by Crippen LogP contribution is -2.38. The molecule has 0 aliphatic rings. The highest BCUT2D eigenvalue weighted by molar-refractivity contribution is 7.89. The summed E-state index contributed by atoms with van der Waals surface area (Å²) in [6.45, 7) is 3.58. The Morgan fingerprint density at radius 2 is 2.05 bits per heavy atom. The zero-order valence-electron chi connectivity index (χ0n) is 12.4. The van der Waals surface area contributed by atoms with Crippen LogP contribution >= 0.6 is 11.3 Å². The van der Waals surface area contributed by atoms with E-state index in [1.54, 1.807) is 18.3 Å². The zero-order valence-corrected chi connectivity index (χ0v) is 14.0. The maximum atomic E-state index is 12.0. The fraction of sp³-hybridized carbons (Fsp3) is 0.500. The monoisotopic (exact) mass is 328 g/mol. The first kappa shape index (κ1) is 16.4. The van der Waals surface area contributed by atoms with Crippen LogP contribution in [-0.2, 0) is 21.2 Å². The van der Waals surface area contributed by atoms with Gasteiger partial charge in [-0.2, -0.15) is 0 Å². The third-order valence-corrected chi connectivity index (χ3v) is 5.78. The summed E-state index contributed by atoms with van der Waals surface area (Å²) in [6, 6.07) is 7.71. The minimum atomic E-state index is -3.34. The standard InChI is InChI=1S/C14H20N2O3S2/c1-10(16-21(17,18)9-11(2)19-3)8-14-15-12-6-4-5-7-13(12)20-14/h4-7,10-11,16H,8-9H2,1-3H3/t10-,11+/m1/s1.